The molecule has 0 radical (unpaired) electrons. The predicted octanol–water partition coefficient (Wildman–Crippen LogP) is 5.15. The molecule has 5 nitrogen and oxygen atoms in total. The lowest BCUT2D eigenvalue weighted by atomic mass is 9.76. The van der Waals surface area contributed by atoms with E-state index in [1.807, 2.05) is 30.5 Å². The molecule has 0 aliphatic heterocycles. The van der Waals surface area contributed by atoms with Crippen LogP contribution in [0.5, 0.6) is 0 Å². The lowest BCUT2D eigenvalue weighted by Gasteiger charge is -2.28. The number of H-pyrrole nitrogens is 1. The number of aromatic nitrogens is 1. The van der Waals surface area contributed by atoms with Crippen molar-refractivity contribution in [1.82, 2.24) is 4.98 Å². The fraction of sp³-hybridized carbons (Fsp3) is 0.318. The summed E-state index contributed by atoms with van der Waals surface area (Å²) in [5.74, 6) is 0.115. The van der Waals surface area contributed by atoms with Gasteiger partial charge in [-0.2, -0.15) is 0 Å². The molecule has 3 aromatic rings. The van der Waals surface area contributed by atoms with E-state index in [9.17, 15) is 13.2 Å². The second-order valence-electron chi connectivity index (χ2n) is 8.42. The molecule has 0 bridgehead atoms. The van der Waals surface area contributed by atoms with E-state index in [4.69, 9.17) is 0 Å². The Kier molecular flexibility index (Phi) is 4.78. The minimum atomic E-state index is -3.76. The van der Waals surface area contributed by atoms with Gasteiger partial charge in [-0.15, -0.1) is 11.8 Å². The quantitative estimate of drug-likeness (QED) is 0.563. The second-order valence-corrected chi connectivity index (χ2v) is 11.0. The molecule has 0 atom stereocenters. The summed E-state index contributed by atoms with van der Waals surface area (Å²) >= 11 is 1.55. The smallest absolute Gasteiger partial charge is 0.262 e. The van der Waals surface area contributed by atoms with Gasteiger partial charge in [-0.1, -0.05) is 19.9 Å². The maximum absolute atomic E-state index is 13.1. The Morgan fingerprint density at radius 2 is 1.90 bits per heavy atom. The first-order chi connectivity index (χ1) is 13.6. The summed E-state index contributed by atoms with van der Waals surface area (Å²) in [5, 5.41) is 0.807. The molecule has 4 rings (SSSR count). The molecule has 0 spiro atoms. The first kappa shape index (κ1) is 20.0. The molecular formula is C22H24N2O3S2. The molecule has 7 heteroatoms. The van der Waals surface area contributed by atoms with Gasteiger partial charge < -0.3 is 4.98 Å². The van der Waals surface area contributed by atoms with Crippen molar-refractivity contribution >= 4 is 44.2 Å². The molecule has 1 aliphatic rings. The normalized spacial score (nSPS) is 16.1. The number of benzene rings is 2. The molecule has 1 aromatic heterocycles. The van der Waals surface area contributed by atoms with Crippen molar-refractivity contribution < 1.29 is 13.2 Å². The molecule has 2 aromatic carbocycles. The summed E-state index contributed by atoms with van der Waals surface area (Å²) in [6, 6.07) is 10.8. The van der Waals surface area contributed by atoms with Crippen LogP contribution in [0, 0.1) is 12.3 Å². The third-order valence-corrected chi connectivity index (χ3v) is 7.61. The first-order valence-corrected chi connectivity index (χ1v) is 12.2. The molecular weight excluding hydrogens is 404 g/mol. The van der Waals surface area contributed by atoms with E-state index in [1.54, 1.807) is 30.8 Å². The van der Waals surface area contributed by atoms with Gasteiger partial charge in [0.2, 0.25) is 0 Å². The van der Waals surface area contributed by atoms with E-state index < -0.39 is 10.0 Å². The Bertz CT molecular complexity index is 1240. The predicted molar refractivity (Wildman–Crippen MR) is 118 cm³/mol. The van der Waals surface area contributed by atoms with Gasteiger partial charge >= 0.3 is 0 Å². The number of thioether (sulfide) groups is 1. The van der Waals surface area contributed by atoms with Crippen LogP contribution in [-0.4, -0.2) is 25.4 Å². The van der Waals surface area contributed by atoms with Crippen LogP contribution < -0.4 is 4.72 Å². The number of sulfonamides is 1. The third-order valence-electron chi connectivity index (χ3n) is 5.36. The Morgan fingerprint density at radius 3 is 2.62 bits per heavy atom. The second kappa shape index (κ2) is 6.92. The van der Waals surface area contributed by atoms with Gasteiger partial charge in [-0.3, -0.25) is 9.52 Å². The summed E-state index contributed by atoms with van der Waals surface area (Å²) in [4.78, 5) is 17.2. The third kappa shape index (κ3) is 3.69. The van der Waals surface area contributed by atoms with E-state index in [-0.39, 0.29) is 16.1 Å². The fourth-order valence-corrected chi connectivity index (χ4v) is 5.85. The Balaban J connectivity index is 1.78. The van der Waals surface area contributed by atoms with Gasteiger partial charge in [0, 0.05) is 39.2 Å². The van der Waals surface area contributed by atoms with E-state index in [1.165, 1.54) is 0 Å². The zero-order chi connectivity index (χ0) is 21.0. The van der Waals surface area contributed by atoms with Crippen LogP contribution in [0.1, 0.15) is 41.9 Å². The summed E-state index contributed by atoms with van der Waals surface area (Å²) < 4.78 is 28.8. The zero-order valence-electron chi connectivity index (χ0n) is 16.9. The highest BCUT2D eigenvalue weighted by Gasteiger charge is 2.34. The Labute approximate surface area is 175 Å². The SMILES string of the molecule is CSc1cccc(NS(=O)(=O)c2cc3[nH]c4c(c3cc2C)C(=O)CC(C)(C)C4)c1. The van der Waals surface area contributed by atoms with E-state index in [0.717, 1.165) is 22.4 Å². The number of Topliss-reactive ketones (excluding diaryl/α,β-unsaturated/α-hetero) is 1. The summed E-state index contributed by atoms with van der Waals surface area (Å²) in [6.07, 6.45) is 3.21. The van der Waals surface area contributed by atoms with Crippen LogP contribution in [0.4, 0.5) is 5.69 Å². The monoisotopic (exact) mass is 428 g/mol. The molecule has 0 amide bonds. The van der Waals surface area contributed by atoms with Crippen molar-refractivity contribution in [3.05, 3.63) is 53.2 Å². The van der Waals surface area contributed by atoms with Crippen LogP contribution in [0.25, 0.3) is 10.9 Å². The summed E-state index contributed by atoms with van der Waals surface area (Å²) in [6.45, 7) is 5.92. The minimum Gasteiger partial charge on any atom is -0.358 e. The van der Waals surface area contributed by atoms with E-state index in [2.05, 4.69) is 23.6 Å². The number of rotatable bonds is 4. The maximum atomic E-state index is 13.1. The minimum absolute atomic E-state index is 0.0984. The van der Waals surface area contributed by atoms with Gasteiger partial charge in [0.1, 0.15) is 0 Å². The van der Waals surface area contributed by atoms with Crippen LogP contribution in [0.3, 0.4) is 0 Å². The molecule has 0 saturated heterocycles. The Hall–Kier alpha value is -2.25. The van der Waals surface area contributed by atoms with Crippen LogP contribution in [-0.2, 0) is 16.4 Å². The largest absolute Gasteiger partial charge is 0.358 e. The molecule has 29 heavy (non-hydrogen) atoms. The van der Waals surface area contributed by atoms with E-state index in [0.29, 0.717) is 28.8 Å². The lowest BCUT2D eigenvalue weighted by Crippen LogP contribution is -2.26. The number of hydrogen-bond donors (Lipinski definition) is 2. The van der Waals surface area contributed by atoms with Crippen molar-refractivity contribution in [2.24, 2.45) is 5.41 Å². The number of fused-ring (bicyclic) bond motifs is 3. The number of aromatic amines is 1. The molecule has 1 heterocycles. The van der Waals surface area contributed by atoms with Crippen molar-refractivity contribution in [3.8, 4) is 0 Å². The molecule has 0 unspecified atom stereocenters. The number of ketones is 1. The average molecular weight is 429 g/mol. The van der Waals surface area contributed by atoms with Crippen molar-refractivity contribution in [2.45, 2.75) is 43.4 Å². The van der Waals surface area contributed by atoms with Gasteiger partial charge in [-0.25, -0.2) is 8.42 Å². The lowest BCUT2D eigenvalue weighted by molar-refractivity contribution is 0.0913. The van der Waals surface area contributed by atoms with Crippen molar-refractivity contribution in [2.75, 3.05) is 11.0 Å². The highest BCUT2D eigenvalue weighted by molar-refractivity contribution is 7.98. The van der Waals surface area contributed by atoms with Crippen LogP contribution >= 0.6 is 11.8 Å². The molecule has 1 aliphatic carbocycles. The molecule has 2 N–H and O–H groups in total. The zero-order valence-corrected chi connectivity index (χ0v) is 18.6. The Morgan fingerprint density at radius 1 is 1.14 bits per heavy atom. The highest BCUT2D eigenvalue weighted by Crippen LogP contribution is 2.39. The number of carbonyl (C=O) groups is 1. The highest BCUT2D eigenvalue weighted by atomic mass is 32.2. The van der Waals surface area contributed by atoms with Gasteiger partial charge in [-0.05, 0) is 60.9 Å². The number of nitrogens with one attached hydrogen (secondary N) is 2. The van der Waals surface area contributed by atoms with Crippen molar-refractivity contribution in [1.29, 1.82) is 0 Å². The van der Waals surface area contributed by atoms with Crippen molar-refractivity contribution in [3.63, 3.8) is 0 Å². The van der Waals surface area contributed by atoms with Gasteiger partial charge in [0.15, 0.2) is 5.78 Å². The topological polar surface area (TPSA) is 79.0 Å². The fourth-order valence-electron chi connectivity index (χ4n) is 4.09. The first-order valence-electron chi connectivity index (χ1n) is 9.45. The summed E-state index contributed by atoms with van der Waals surface area (Å²) in [5.41, 5.74) is 3.34. The number of hydrogen-bond acceptors (Lipinski definition) is 4. The van der Waals surface area contributed by atoms with Crippen LogP contribution in [0.2, 0.25) is 0 Å². The standard InChI is InChI=1S/C22H24N2O3S2/c1-13-8-16-17(23-18-11-22(2,3)12-19(25)21(16)18)10-20(13)29(26,27)24-14-6-5-7-15(9-14)28-4/h5-10,23-24H,11-12H2,1-4H3. The van der Waals surface area contributed by atoms with E-state index >= 15 is 0 Å². The number of carbonyl (C=O) groups excluding carboxylic acids is 1. The number of anilines is 1. The number of aryl methyl sites for hydroxylation is 1. The molecule has 152 valence electrons. The average Bonchev–Trinajstić information content (AvgIpc) is 2.96. The summed E-state index contributed by atoms with van der Waals surface area (Å²) in [7, 11) is -3.76. The van der Waals surface area contributed by atoms with Crippen LogP contribution in [0.15, 0.2) is 46.2 Å². The van der Waals surface area contributed by atoms with Gasteiger partial charge in [0.05, 0.1) is 4.90 Å². The molecule has 0 fully saturated rings. The molecule has 0 saturated carbocycles. The van der Waals surface area contributed by atoms with Gasteiger partial charge in [0.25, 0.3) is 10.0 Å². The maximum Gasteiger partial charge on any atom is 0.262 e.